The number of nitrogens with zero attached hydrogens (tertiary/aromatic N) is 3. The monoisotopic (exact) mass is 447 g/mol. The van der Waals surface area contributed by atoms with E-state index in [0.29, 0.717) is 5.91 Å². The molecular weight excluding hydrogens is 410 g/mol. The summed E-state index contributed by atoms with van der Waals surface area (Å²) in [7, 11) is 1.73. The van der Waals surface area contributed by atoms with Crippen molar-refractivity contribution in [2.24, 2.45) is 11.3 Å². The molecule has 1 aliphatic carbocycles. The van der Waals surface area contributed by atoms with Crippen LogP contribution in [-0.2, 0) is 17.9 Å². The largest absolute Gasteiger partial charge is 0.496 e. The Kier molecular flexibility index (Phi) is 6.44. The first-order valence-corrected chi connectivity index (χ1v) is 12.5. The van der Waals surface area contributed by atoms with E-state index in [1.54, 1.807) is 7.11 Å². The van der Waals surface area contributed by atoms with Crippen LogP contribution in [0.25, 0.3) is 0 Å². The van der Waals surface area contributed by atoms with Gasteiger partial charge in [-0.05, 0) is 67.4 Å². The topological polar surface area (TPSA) is 36.0 Å². The van der Waals surface area contributed by atoms with Gasteiger partial charge in [0.15, 0.2) is 0 Å². The summed E-state index contributed by atoms with van der Waals surface area (Å²) >= 11 is 0. The molecule has 2 saturated heterocycles. The quantitative estimate of drug-likeness (QED) is 0.672. The Morgan fingerprint density at radius 2 is 1.58 bits per heavy atom. The van der Waals surface area contributed by atoms with Crippen LogP contribution in [0.2, 0.25) is 0 Å². The highest BCUT2D eigenvalue weighted by Crippen LogP contribution is 2.60. The molecule has 5 nitrogen and oxygen atoms in total. The van der Waals surface area contributed by atoms with Gasteiger partial charge in [0, 0.05) is 45.2 Å². The number of ether oxygens (including phenoxy) is 1. The predicted octanol–water partition coefficient (Wildman–Crippen LogP) is 3.95. The zero-order chi connectivity index (χ0) is 22.8. The minimum Gasteiger partial charge on any atom is -0.496 e. The maximum atomic E-state index is 13.3. The summed E-state index contributed by atoms with van der Waals surface area (Å²) in [6.07, 6.45) is 3.42. The number of hydrogen-bond donors (Lipinski definition) is 0. The van der Waals surface area contributed by atoms with Gasteiger partial charge in [-0.3, -0.25) is 14.6 Å². The summed E-state index contributed by atoms with van der Waals surface area (Å²) in [6, 6.07) is 17.1. The number of piperazine rings is 1. The lowest BCUT2D eigenvalue weighted by molar-refractivity contribution is -0.135. The Hall–Kier alpha value is -2.37. The number of aryl methyl sites for hydroxylation is 1. The molecule has 2 aromatic rings. The van der Waals surface area contributed by atoms with Gasteiger partial charge in [-0.2, -0.15) is 0 Å². The number of rotatable bonds is 6. The van der Waals surface area contributed by atoms with Crippen molar-refractivity contribution >= 4 is 5.91 Å². The highest BCUT2D eigenvalue weighted by atomic mass is 16.5. The number of methoxy groups -OCH3 is 1. The van der Waals surface area contributed by atoms with Gasteiger partial charge in [0.1, 0.15) is 5.75 Å². The van der Waals surface area contributed by atoms with Crippen LogP contribution < -0.4 is 4.74 Å². The third kappa shape index (κ3) is 4.95. The standard InChI is InChI=1S/C28H37N3O2/c1-22-18-24(8-9-26(22)33-2)21-29-12-10-28(11-13-29)19-25(28)27(32)31-16-14-30(15-17-31)20-23-6-4-3-5-7-23/h3-9,18,25H,10-17,19-21H2,1-2H3/t25-/m1/s1. The molecule has 0 unspecified atom stereocenters. The number of carbonyl (C=O) groups is 1. The molecule has 5 heteroatoms. The van der Waals surface area contributed by atoms with Crippen molar-refractivity contribution in [1.29, 1.82) is 0 Å². The molecular formula is C28H37N3O2. The third-order valence-electron chi connectivity index (χ3n) is 8.14. The molecule has 1 atom stereocenters. The second-order valence-corrected chi connectivity index (χ2v) is 10.3. The Bertz CT molecular complexity index is 960. The number of piperidine rings is 1. The van der Waals surface area contributed by atoms with Crippen molar-refractivity contribution in [3.8, 4) is 5.75 Å². The molecule has 3 aliphatic rings. The van der Waals surface area contributed by atoms with Crippen LogP contribution in [0.1, 0.15) is 36.0 Å². The van der Waals surface area contributed by atoms with Gasteiger partial charge in [0.05, 0.1) is 7.11 Å². The van der Waals surface area contributed by atoms with Crippen LogP contribution >= 0.6 is 0 Å². The van der Waals surface area contributed by atoms with E-state index < -0.39 is 0 Å². The van der Waals surface area contributed by atoms with Gasteiger partial charge in [-0.15, -0.1) is 0 Å². The summed E-state index contributed by atoms with van der Waals surface area (Å²) in [5.41, 5.74) is 4.18. The van der Waals surface area contributed by atoms with Gasteiger partial charge in [-0.1, -0.05) is 42.5 Å². The molecule has 3 fully saturated rings. The first kappa shape index (κ1) is 22.4. The number of likely N-dealkylation sites (tertiary alicyclic amines) is 1. The molecule has 1 saturated carbocycles. The summed E-state index contributed by atoms with van der Waals surface area (Å²) in [5, 5.41) is 0. The van der Waals surface area contributed by atoms with Gasteiger partial charge in [0.25, 0.3) is 0 Å². The van der Waals surface area contributed by atoms with Gasteiger partial charge < -0.3 is 9.64 Å². The van der Waals surface area contributed by atoms with Crippen LogP contribution in [0.4, 0.5) is 0 Å². The van der Waals surface area contributed by atoms with E-state index in [9.17, 15) is 4.79 Å². The van der Waals surface area contributed by atoms with Crippen LogP contribution in [0, 0.1) is 18.3 Å². The van der Waals surface area contributed by atoms with E-state index in [1.807, 2.05) is 0 Å². The molecule has 2 aliphatic heterocycles. The Morgan fingerprint density at radius 1 is 0.909 bits per heavy atom. The zero-order valence-electron chi connectivity index (χ0n) is 20.1. The minimum absolute atomic E-state index is 0.267. The molecule has 176 valence electrons. The highest BCUT2D eigenvalue weighted by Gasteiger charge is 2.59. The van der Waals surface area contributed by atoms with Crippen LogP contribution in [-0.4, -0.2) is 67.0 Å². The number of hydrogen-bond acceptors (Lipinski definition) is 4. The molecule has 0 N–H and O–H groups in total. The fraction of sp³-hybridized carbons (Fsp3) is 0.536. The summed E-state index contributed by atoms with van der Waals surface area (Å²) in [5.74, 6) is 1.65. The lowest BCUT2D eigenvalue weighted by Crippen LogP contribution is -2.49. The first-order chi connectivity index (χ1) is 16.1. The van der Waals surface area contributed by atoms with Gasteiger partial charge >= 0.3 is 0 Å². The molecule has 2 heterocycles. The van der Waals surface area contributed by atoms with E-state index in [2.05, 4.69) is 70.2 Å². The van der Waals surface area contributed by atoms with E-state index in [4.69, 9.17) is 4.74 Å². The Labute approximate surface area is 198 Å². The molecule has 1 amide bonds. The minimum atomic E-state index is 0.267. The predicted molar refractivity (Wildman–Crippen MR) is 131 cm³/mol. The summed E-state index contributed by atoms with van der Waals surface area (Å²) in [4.78, 5) is 20.4. The van der Waals surface area contributed by atoms with Crippen molar-refractivity contribution in [3.05, 3.63) is 65.2 Å². The van der Waals surface area contributed by atoms with Crippen molar-refractivity contribution < 1.29 is 9.53 Å². The Morgan fingerprint density at radius 3 is 2.24 bits per heavy atom. The average molecular weight is 448 g/mol. The maximum Gasteiger partial charge on any atom is 0.226 e. The second kappa shape index (κ2) is 9.47. The zero-order valence-corrected chi connectivity index (χ0v) is 20.1. The third-order valence-corrected chi connectivity index (χ3v) is 8.14. The van der Waals surface area contributed by atoms with Crippen LogP contribution in [0.3, 0.4) is 0 Å². The molecule has 0 radical (unpaired) electrons. The normalized spacial score (nSPS) is 23.0. The molecule has 1 spiro atoms. The molecule has 33 heavy (non-hydrogen) atoms. The van der Waals surface area contributed by atoms with Gasteiger partial charge in [0.2, 0.25) is 5.91 Å². The first-order valence-electron chi connectivity index (χ1n) is 12.5. The van der Waals surface area contributed by atoms with Crippen molar-refractivity contribution in [1.82, 2.24) is 14.7 Å². The number of amides is 1. The highest BCUT2D eigenvalue weighted by molar-refractivity contribution is 5.83. The Balaban J connectivity index is 1.08. The van der Waals surface area contributed by atoms with Crippen molar-refractivity contribution in [3.63, 3.8) is 0 Å². The number of carbonyl (C=O) groups excluding carboxylic acids is 1. The molecule has 0 aromatic heterocycles. The van der Waals surface area contributed by atoms with E-state index in [0.717, 1.165) is 77.4 Å². The molecule has 0 bridgehead atoms. The molecule has 2 aromatic carbocycles. The fourth-order valence-electron chi connectivity index (χ4n) is 5.89. The van der Waals surface area contributed by atoms with E-state index >= 15 is 0 Å². The average Bonchev–Trinajstić information content (AvgIpc) is 3.55. The van der Waals surface area contributed by atoms with E-state index in [1.165, 1.54) is 16.7 Å². The summed E-state index contributed by atoms with van der Waals surface area (Å²) < 4.78 is 5.39. The van der Waals surface area contributed by atoms with Crippen LogP contribution in [0.5, 0.6) is 5.75 Å². The summed E-state index contributed by atoms with van der Waals surface area (Å²) in [6.45, 7) is 9.99. The SMILES string of the molecule is COc1ccc(CN2CCC3(CC2)C[C@@H]3C(=O)N2CCN(Cc3ccccc3)CC2)cc1C. The van der Waals surface area contributed by atoms with E-state index in [-0.39, 0.29) is 11.3 Å². The number of benzene rings is 2. The maximum absolute atomic E-state index is 13.3. The van der Waals surface area contributed by atoms with Crippen molar-refractivity contribution in [2.45, 2.75) is 39.3 Å². The fourth-order valence-corrected chi connectivity index (χ4v) is 5.89. The van der Waals surface area contributed by atoms with Gasteiger partial charge in [-0.25, -0.2) is 0 Å². The molecule has 5 rings (SSSR count). The lowest BCUT2D eigenvalue weighted by atomic mass is 9.90. The second-order valence-electron chi connectivity index (χ2n) is 10.3. The smallest absolute Gasteiger partial charge is 0.226 e. The van der Waals surface area contributed by atoms with Crippen molar-refractivity contribution in [2.75, 3.05) is 46.4 Å². The van der Waals surface area contributed by atoms with Crippen LogP contribution in [0.15, 0.2) is 48.5 Å². The lowest BCUT2D eigenvalue weighted by Gasteiger charge is -2.36.